The van der Waals surface area contributed by atoms with E-state index in [1.165, 1.54) is 44.9 Å². The molecule has 0 heterocycles. The maximum atomic E-state index is 5.75. The van der Waals surface area contributed by atoms with Crippen molar-refractivity contribution in [3.8, 4) is 0 Å². The molecule has 3 N–H and O–H groups in total. The van der Waals surface area contributed by atoms with E-state index in [0.29, 0.717) is 11.5 Å². The third-order valence-electron chi connectivity index (χ3n) is 4.85. The van der Waals surface area contributed by atoms with Crippen LogP contribution < -0.4 is 11.3 Å². The molecule has 2 atom stereocenters. The molecule has 0 aromatic rings. The van der Waals surface area contributed by atoms with Crippen LogP contribution in [0, 0.1) is 17.3 Å². The molecular formula is C13H26N2. The molecule has 2 saturated carbocycles. The zero-order chi connectivity index (χ0) is 10.9. The highest BCUT2D eigenvalue weighted by molar-refractivity contribution is 4.93. The van der Waals surface area contributed by atoms with Crippen LogP contribution >= 0.6 is 0 Å². The molecule has 0 amide bonds. The Bertz CT molecular complexity index is 209. The number of rotatable bonds is 4. The van der Waals surface area contributed by atoms with Gasteiger partial charge in [0.2, 0.25) is 0 Å². The molecular weight excluding hydrogens is 184 g/mol. The minimum absolute atomic E-state index is 0.501. The van der Waals surface area contributed by atoms with E-state index in [1.807, 2.05) is 0 Å². The monoisotopic (exact) mass is 210 g/mol. The standard InChI is InChI=1S/C13H26N2/c1-13(2)8-4-7-11(13)12(15-14)9-10-5-3-6-10/h10-12,15H,3-9,14H2,1-2H3. The molecule has 0 radical (unpaired) electrons. The lowest BCUT2D eigenvalue weighted by Gasteiger charge is -2.37. The topological polar surface area (TPSA) is 38.0 Å². The Balaban J connectivity index is 1.92. The second kappa shape index (κ2) is 4.42. The van der Waals surface area contributed by atoms with Gasteiger partial charge in [-0.05, 0) is 36.5 Å². The van der Waals surface area contributed by atoms with E-state index < -0.39 is 0 Å². The van der Waals surface area contributed by atoms with Gasteiger partial charge in [-0.2, -0.15) is 0 Å². The van der Waals surface area contributed by atoms with Crippen LogP contribution in [0.3, 0.4) is 0 Å². The second-order valence-corrected chi connectivity index (χ2v) is 6.29. The molecule has 15 heavy (non-hydrogen) atoms. The first-order chi connectivity index (χ1) is 7.13. The lowest BCUT2D eigenvalue weighted by Crippen LogP contribution is -2.46. The zero-order valence-corrected chi connectivity index (χ0v) is 10.3. The molecule has 2 fully saturated rings. The Morgan fingerprint density at radius 1 is 1.27 bits per heavy atom. The van der Waals surface area contributed by atoms with Gasteiger partial charge in [0.15, 0.2) is 0 Å². The van der Waals surface area contributed by atoms with Gasteiger partial charge in [-0.3, -0.25) is 11.3 Å². The van der Waals surface area contributed by atoms with Gasteiger partial charge >= 0.3 is 0 Å². The van der Waals surface area contributed by atoms with Crippen LogP contribution in [0.1, 0.15) is 58.8 Å². The third-order valence-corrected chi connectivity index (χ3v) is 4.85. The zero-order valence-electron chi connectivity index (χ0n) is 10.3. The summed E-state index contributed by atoms with van der Waals surface area (Å²) >= 11 is 0. The predicted octanol–water partition coefficient (Wildman–Crippen LogP) is 2.83. The Morgan fingerprint density at radius 3 is 2.40 bits per heavy atom. The molecule has 0 aromatic heterocycles. The average Bonchev–Trinajstić information content (AvgIpc) is 2.45. The lowest BCUT2D eigenvalue weighted by molar-refractivity contribution is 0.153. The summed E-state index contributed by atoms with van der Waals surface area (Å²) in [6.45, 7) is 4.82. The number of hydrazine groups is 1. The summed E-state index contributed by atoms with van der Waals surface area (Å²) in [5, 5.41) is 0. The SMILES string of the molecule is CC1(C)CCCC1C(CC1CCC1)NN. The van der Waals surface area contributed by atoms with Gasteiger partial charge < -0.3 is 0 Å². The molecule has 2 heteroatoms. The van der Waals surface area contributed by atoms with E-state index in [0.717, 1.165) is 11.8 Å². The summed E-state index contributed by atoms with van der Waals surface area (Å²) in [5.41, 5.74) is 3.60. The van der Waals surface area contributed by atoms with Gasteiger partial charge in [0.05, 0.1) is 0 Å². The Morgan fingerprint density at radius 2 is 2.00 bits per heavy atom. The molecule has 0 saturated heterocycles. The van der Waals surface area contributed by atoms with Crippen molar-refractivity contribution >= 4 is 0 Å². The molecule has 0 aromatic carbocycles. The van der Waals surface area contributed by atoms with Crippen LogP contribution in [0.5, 0.6) is 0 Å². The molecule has 88 valence electrons. The van der Waals surface area contributed by atoms with Crippen molar-refractivity contribution in [3.05, 3.63) is 0 Å². The molecule has 2 nitrogen and oxygen atoms in total. The van der Waals surface area contributed by atoms with Crippen LogP contribution in [0.2, 0.25) is 0 Å². The molecule has 2 unspecified atom stereocenters. The van der Waals surface area contributed by atoms with Crippen LogP contribution in [0.4, 0.5) is 0 Å². The summed E-state index contributed by atoms with van der Waals surface area (Å²) < 4.78 is 0. The molecule has 2 rings (SSSR count). The fraction of sp³-hybridized carbons (Fsp3) is 1.00. The van der Waals surface area contributed by atoms with Crippen molar-refractivity contribution in [1.82, 2.24) is 5.43 Å². The highest BCUT2D eigenvalue weighted by atomic mass is 15.2. The minimum Gasteiger partial charge on any atom is -0.271 e. The molecule has 0 bridgehead atoms. The first kappa shape index (κ1) is 11.4. The average molecular weight is 210 g/mol. The Labute approximate surface area is 94.0 Å². The van der Waals surface area contributed by atoms with E-state index in [9.17, 15) is 0 Å². The van der Waals surface area contributed by atoms with Crippen LogP contribution in [0.15, 0.2) is 0 Å². The summed E-state index contributed by atoms with van der Waals surface area (Å²) in [4.78, 5) is 0. The van der Waals surface area contributed by atoms with Crippen LogP contribution in [-0.4, -0.2) is 6.04 Å². The van der Waals surface area contributed by atoms with Crippen molar-refractivity contribution in [1.29, 1.82) is 0 Å². The van der Waals surface area contributed by atoms with Gasteiger partial charge in [-0.15, -0.1) is 0 Å². The maximum absolute atomic E-state index is 5.75. The van der Waals surface area contributed by atoms with E-state index in [1.54, 1.807) is 0 Å². The van der Waals surface area contributed by atoms with Crippen molar-refractivity contribution < 1.29 is 0 Å². The Hall–Kier alpha value is -0.0800. The highest BCUT2D eigenvalue weighted by Crippen LogP contribution is 2.46. The summed E-state index contributed by atoms with van der Waals surface area (Å²) in [5.74, 6) is 7.51. The smallest absolute Gasteiger partial charge is 0.0246 e. The highest BCUT2D eigenvalue weighted by Gasteiger charge is 2.40. The van der Waals surface area contributed by atoms with Crippen molar-refractivity contribution in [3.63, 3.8) is 0 Å². The first-order valence-corrected chi connectivity index (χ1v) is 6.59. The summed E-state index contributed by atoms with van der Waals surface area (Å²) in [6.07, 6.45) is 9.76. The number of hydrogen-bond acceptors (Lipinski definition) is 2. The van der Waals surface area contributed by atoms with Crippen molar-refractivity contribution in [2.45, 2.75) is 64.8 Å². The molecule has 0 aliphatic heterocycles. The lowest BCUT2D eigenvalue weighted by atomic mass is 9.72. The summed E-state index contributed by atoms with van der Waals surface area (Å²) in [6, 6.07) is 0.563. The molecule has 2 aliphatic carbocycles. The number of nitrogens with two attached hydrogens (primary N) is 1. The third kappa shape index (κ3) is 2.36. The fourth-order valence-corrected chi connectivity index (χ4v) is 3.54. The van der Waals surface area contributed by atoms with E-state index in [2.05, 4.69) is 19.3 Å². The minimum atomic E-state index is 0.501. The Kier molecular flexibility index (Phi) is 3.36. The number of hydrogen-bond donors (Lipinski definition) is 2. The summed E-state index contributed by atoms with van der Waals surface area (Å²) in [7, 11) is 0. The first-order valence-electron chi connectivity index (χ1n) is 6.59. The van der Waals surface area contributed by atoms with E-state index in [4.69, 9.17) is 5.84 Å². The second-order valence-electron chi connectivity index (χ2n) is 6.29. The maximum Gasteiger partial charge on any atom is 0.0246 e. The number of nitrogens with one attached hydrogen (secondary N) is 1. The molecule has 2 aliphatic rings. The normalized spacial score (nSPS) is 32.6. The van der Waals surface area contributed by atoms with Crippen LogP contribution in [0.25, 0.3) is 0 Å². The largest absolute Gasteiger partial charge is 0.271 e. The van der Waals surface area contributed by atoms with E-state index in [-0.39, 0.29) is 0 Å². The van der Waals surface area contributed by atoms with Crippen molar-refractivity contribution in [2.24, 2.45) is 23.1 Å². The van der Waals surface area contributed by atoms with E-state index >= 15 is 0 Å². The van der Waals surface area contributed by atoms with Gasteiger partial charge in [-0.25, -0.2) is 0 Å². The van der Waals surface area contributed by atoms with Gasteiger partial charge in [-0.1, -0.05) is 39.5 Å². The predicted molar refractivity (Wildman–Crippen MR) is 64.2 cm³/mol. The van der Waals surface area contributed by atoms with Crippen LogP contribution in [-0.2, 0) is 0 Å². The van der Waals surface area contributed by atoms with Crippen molar-refractivity contribution in [2.75, 3.05) is 0 Å². The van der Waals surface area contributed by atoms with Gasteiger partial charge in [0, 0.05) is 6.04 Å². The van der Waals surface area contributed by atoms with Gasteiger partial charge in [0.25, 0.3) is 0 Å². The van der Waals surface area contributed by atoms with Gasteiger partial charge in [0.1, 0.15) is 0 Å². The quantitative estimate of drug-likeness (QED) is 0.553. The molecule has 0 spiro atoms. The fourth-order valence-electron chi connectivity index (χ4n) is 3.54.